The summed E-state index contributed by atoms with van der Waals surface area (Å²) < 4.78 is 4.59. The molecule has 5 heteroatoms. The van der Waals surface area contributed by atoms with E-state index in [1.54, 1.807) is 12.4 Å². The largest absolute Gasteiger partial charge is 0.289 e. The Morgan fingerprint density at radius 3 is 1.57 bits per heavy atom. The molecule has 10 aromatic rings. The maximum absolute atomic E-state index is 5.09. The van der Waals surface area contributed by atoms with E-state index in [2.05, 4.69) is 124 Å². The summed E-state index contributed by atoms with van der Waals surface area (Å²) >= 11 is 0. The van der Waals surface area contributed by atoms with E-state index in [0.29, 0.717) is 0 Å². The lowest BCUT2D eigenvalue weighted by Gasteiger charge is -2.11. The normalized spacial score (nSPS) is 12.1. The fraction of sp³-hybridized carbons (Fsp3) is 0. The maximum atomic E-state index is 5.09. The molecule has 5 heterocycles. The molecule has 204 valence electrons. The third kappa shape index (κ3) is 3.15. The van der Waals surface area contributed by atoms with E-state index in [0.717, 1.165) is 56.0 Å². The van der Waals surface area contributed by atoms with E-state index in [4.69, 9.17) is 15.0 Å². The zero-order valence-electron chi connectivity index (χ0n) is 23.5. The van der Waals surface area contributed by atoms with Crippen molar-refractivity contribution in [2.24, 2.45) is 0 Å². The second-order valence-electron chi connectivity index (χ2n) is 11.3. The third-order valence-corrected chi connectivity index (χ3v) is 8.94. The van der Waals surface area contributed by atoms with Gasteiger partial charge in [-0.2, -0.15) is 0 Å². The molecule has 0 spiro atoms. The van der Waals surface area contributed by atoms with Crippen molar-refractivity contribution < 1.29 is 0 Å². The molecule has 5 aromatic carbocycles. The Hall–Kier alpha value is -6.07. The first-order valence-corrected chi connectivity index (χ1v) is 14.8. The molecule has 0 saturated carbocycles. The molecule has 10 rings (SSSR count). The van der Waals surface area contributed by atoms with Crippen molar-refractivity contribution >= 4 is 54.9 Å². The Labute approximate surface area is 251 Å². The van der Waals surface area contributed by atoms with Gasteiger partial charge >= 0.3 is 0 Å². The van der Waals surface area contributed by atoms with Gasteiger partial charge in [0, 0.05) is 45.1 Å². The first kappa shape index (κ1) is 23.5. The predicted molar refractivity (Wildman–Crippen MR) is 179 cm³/mol. The zero-order chi connectivity index (χ0) is 28.8. The van der Waals surface area contributed by atoms with Crippen LogP contribution in [0.3, 0.4) is 0 Å². The summed E-state index contributed by atoms with van der Waals surface area (Å²) in [4.78, 5) is 14.8. The van der Waals surface area contributed by atoms with Crippen LogP contribution in [0.1, 0.15) is 0 Å². The standard InChI is InChI=1S/C39H23N5/c1-3-9-24(10-4-1)32-22-27(23-33(42-32)25-11-5-2-6-12-25)26-15-18-35-31(21-26)30-17-16-29-28-13-7-8-14-34(28)43-36(29)37(30)44(35)39-38(43)40-19-20-41-39/h1-23H. The molecule has 0 fully saturated rings. The summed E-state index contributed by atoms with van der Waals surface area (Å²) in [6.45, 7) is 0. The van der Waals surface area contributed by atoms with Crippen LogP contribution in [0.2, 0.25) is 0 Å². The number of para-hydroxylation sites is 1. The summed E-state index contributed by atoms with van der Waals surface area (Å²) in [6, 6.07) is 45.1. The first-order chi connectivity index (χ1) is 21.8. The van der Waals surface area contributed by atoms with E-state index >= 15 is 0 Å². The minimum Gasteiger partial charge on any atom is -0.289 e. The van der Waals surface area contributed by atoms with Crippen LogP contribution >= 0.6 is 0 Å². The Kier molecular flexibility index (Phi) is 4.66. The molecule has 0 bridgehead atoms. The van der Waals surface area contributed by atoms with Crippen LogP contribution in [-0.2, 0) is 0 Å². The first-order valence-electron chi connectivity index (χ1n) is 14.8. The molecule has 0 amide bonds. The average Bonchev–Trinajstić information content (AvgIpc) is 3.62. The Morgan fingerprint density at radius 1 is 0.386 bits per heavy atom. The fourth-order valence-electron chi connectivity index (χ4n) is 7.02. The van der Waals surface area contributed by atoms with Crippen molar-refractivity contribution in [1.82, 2.24) is 23.8 Å². The van der Waals surface area contributed by atoms with Gasteiger partial charge in [-0.05, 0) is 41.5 Å². The minimum absolute atomic E-state index is 0.850. The Balaban J connectivity index is 1.30. The minimum atomic E-state index is 0.850. The van der Waals surface area contributed by atoms with Gasteiger partial charge < -0.3 is 0 Å². The predicted octanol–water partition coefficient (Wildman–Crippen LogP) is 9.43. The highest BCUT2D eigenvalue weighted by Crippen LogP contribution is 2.42. The van der Waals surface area contributed by atoms with E-state index in [1.807, 2.05) is 12.1 Å². The van der Waals surface area contributed by atoms with Gasteiger partial charge in [0.15, 0.2) is 11.3 Å². The van der Waals surface area contributed by atoms with Crippen LogP contribution in [0.25, 0.3) is 88.5 Å². The van der Waals surface area contributed by atoms with Gasteiger partial charge in [-0.25, -0.2) is 15.0 Å². The number of benzene rings is 5. The number of fused-ring (bicyclic) bond motifs is 9. The smallest absolute Gasteiger partial charge is 0.182 e. The molecule has 0 N–H and O–H groups in total. The van der Waals surface area contributed by atoms with E-state index in [1.165, 1.54) is 32.6 Å². The van der Waals surface area contributed by atoms with Gasteiger partial charge in [-0.1, -0.05) is 97.1 Å². The van der Waals surface area contributed by atoms with Crippen molar-refractivity contribution in [3.63, 3.8) is 0 Å². The Bertz CT molecular complexity index is 2650. The van der Waals surface area contributed by atoms with Gasteiger partial charge in [0.25, 0.3) is 0 Å². The molecule has 5 aromatic heterocycles. The molecule has 0 radical (unpaired) electrons. The second kappa shape index (κ2) is 8.72. The second-order valence-corrected chi connectivity index (χ2v) is 11.3. The third-order valence-electron chi connectivity index (χ3n) is 8.94. The molecule has 0 aliphatic carbocycles. The van der Waals surface area contributed by atoms with Gasteiger partial charge in [-0.3, -0.25) is 8.80 Å². The number of pyridine rings is 1. The topological polar surface area (TPSA) is 47.5 Å². The maximum Gasteiger partial charge on any atom is 0.182 e. The highest BCUT2D eigenvalue weighted by molar-refractivity contribution is 6.25. The van der Waals surface area contributed by atoms with Gasteiger partial charge in [0.2, 0.25) is 0 Å². The van der Waals surface area contributed by atoms with Crippen LogP contribution in [-0.4, -0.2) is 23.8 Å². The number of aromatic nitrogens is 5. The summed E-state index contributed by atoms with van der Waals surface area (Å²) in [5.74, 6) is 0. The number of nitrogens with zero attached hydrogens (tertiary/aromatic N) is 5. The van der Waals surface area contributed by atoms with Crippen LogP contribution in [0.5, 0.6) is 0 Å². The molecule has 0 aliphatic rings. The number of hydrogen-bond donors (Lipinski definition) is 0. The summed E-state index contributed by atoms with van der Waals surface area (Å²) in [5, 5.41) is 4.84. The fourth-order valence-corrected chi connectivity index (χ4v) is 7.02. The van der Waals surface area contributed by atoms with E-state index < -0.39 is 0 Å². The highest BCUT2D eigenvalue weighted by atomic mass is 15.1. The van der Waals surface area contributed by atoms with Gasteiger partial charge in [0.1, 0.15) is 0 Å². The molecule has 0 atom stereocenters. The van der Waals surface area contributed by atoms with Crippen molar-refractivity contribution in [2.75, 3.05) is 0 Å². The van der Waals surface area contributed by atoms with Crippen LogP contribution in [0.15, 0.2) is 140 Å². The zero-order valence-corrected chi connectivity index (χ0v) is 23.5. The van der Waals surface area contributed by atoms with E-state index in [9.17, 15) is 0 Å². The lowest BCUT2D eigenvalue weighted by molar-refractivity contribution is 1.13. The molecule has 0 unspecified atom stereocenters. The molecule has 0 aliphatic heterocycles. The molecular weight excluding hydrogens is 538 g/mol. The van der Waals surface area contributed by atoms with Crippen molar-refractivity contribution in [1.29, 1.82) is 0 Å². The quantitative estimate of drug-likeness (QED) is 0.202. The molecule has 44 heavy (non-hydrogen) atoms. The van der Waals surface area contributed by atoms with Crippen molar-refractivity contribution in [2.45, 2.75) is 0 Å². The molecule has 0 saturated heterocycles. The summed E-state index contributed by atoms with van der Waals surface area (Å²) in [6.07, 6.45) is 3.57. The number of hydrogen-bond acceptors (Lipinski definition) is 3. The Morgan fingerprint density at radius 2 is 0.932 bits per heavy atom. The highest BCUT2D eigenvalue weighted by Gasteiger charge is 2.23. The lowest BCUT2D eigenvalue weighted by Crippen LogP contribution is -2.00. The molecular formula is C39H23N5. The SMILES string of the molecule is c1ccc(-c2cc(-c3ccc4c(c3)c3ccc5c6ccccc6n6c7nccnc7n4c3c56)cc(-c3ccccc3)n2)cc1. The van der Waals surface area contributed by atoms with Crippen molar-refractivity contribution in [3.05, 3.63) is 140 Å². The van der Waals surface area contributed by atoms with Gasteiger partial charge in [-0.15, -0.1) is 0 Å². The average molecular weight is 562 g/mol. The number of rotatable bonds is 3. The molecule has 5 nitrogen and oxygen atoms in total. The van der Waals surface area contributed by atoms with Crippen molar-refractivity contribution in [3.8, 4) is 33.6 Å². The lowest BCUT2D eigenvalue weighted by atomic mass is 9.98. The van der Waals surface area contributed by atoms with Gasteiger partial charge in [0.05, 0.1) is 33.5 Å². The summed E-state index contributed by atoms with van der Waals surface area (Å²) in [5.41, 5.74) is 12.7. The summed E-state index contributed by atoms with van der Waals surface area (Å²) in [7, 11) is 0. The monoisotopic (exact) mass is 561 g/mol. The van der Waals surface area contributed by atoms with Crippen LogP contribution in [0, 0.1) is 0 Å². The van der Waals surface area contributed by atoms with Crippen LogP contribution in [0.4, 0.5) is 0 Å². The van der Waals surface area contributed by atoms with E-state index in [-0.39, 0.29) is 0 Å². The van der Waals surface area contributed by atoms with Crippen LogP contribution < -0.4 is 0 Å².